The molecule has 1 aromatic carbocycles. The van der Waals surface area contributed by atoms with Crippen LogP contribution in [-0.2, 0) is 7.05 Å². The fourth-order valence-corrected chi connectivity index (χ4v) is 3.41. The summed E-state index contributed by atoms with van der Waals surface area (Å²) in [6.07, 6.45) is 3.65. The number of imidazole rings is 1. The SMILES string of the molecule is COc1cc2c(-n3ccnc3)c(-c3nnc([C@H](O)CO)[nH]3)n(C)c2c(F)c1Cl. The summed E-state index contributed by atoms with van der Waals surface area (Å²) in [6.45, 7) is -0.514. The number of hydrogen-bond donors (Lipinski definition) is 3. The van der Waals surface area contributed by atoms with Crippen LogP contribution in [0, 0.1) is 5.82 Å². The maximum atomic E-state index is 15.1. The van der Waals surface area contributed by atoms with Crippen LogP contribution < -0.4 is 4.74 Å². The van der Waals surface area contributed by atoms with E-state index in [9.17, 15) is 5.11 Å². The molecule has 4 rings (SSSR count). The molecule has 0 aliphatic rings. The number of aromatic nitrogens is 6. The predicted octanol–water partition coefficient (Wildman–Crippen LogP) is 1.98. The van der Waals surface area contributed by atoms with E-state index in [0.717, 1.165) is 0 Å². The molecule has 146 valence electrons. The molecular weight excluding hydrogens is 391 g/mol. The number of hydrogen-bond acceptors (Lipinski definition) is 6. The van der Waals surface area contributed by atoms with Crippen LogP contribution in [0.3, 0.4) is 0 Å². The molecule has 3 N–H and O–H groups in total. The van der Waals surface area contributed by atoms with Gasteiger partial charge in [0.1, 0.15) is 22.6 Å². The first-order chi connectivity index (χ1) is 13.5. The average molecular weight is 407 g/mol. The molecule has 0 spiro atoms. The minimum absolute atomic E-state index is 0.0930. The van der Waals surface area contributed by atoms with Gasteiger partial charge in [0.15, 0.2) is 17.5 Å². The molecule has 0 aliphatic carbocycles. The van der Waals surface area contributed by atoms with Crippen molar-refractivity contribution in [2.45, 2.75) is 6.10 Å². The molecule has 11 heteroatoms. The van der Waals surface area contributed by atoms with E-state index in [2.05, 4.69) is 20.2 Å². The number of H-pyrrole nitrogens is 1. The van der Waals surface area contributed by atoms with Crippen LogP contribution >= 0.6 is 11.6 Å². The average Bonchev–Trinajstić information content (AvgIpc) is 3.42. The van der Waals surface area contributed by atoms with E-state index in [0.29, 0.717) is 16.8 Å². The third-order valence-electron chi connectivity index (χ3n) is 4.50. The normalized spacial score (nSPS) is 12.6. The van der Waals surface area contributed by atoms with Gasteiger partial charge < -0.3 is 29.1 Å². The van der Waals surface area contributed by atoms with Gasteiger partial charge in [-0.2, -0.15) is 0 Å². The van der Waals surface area contributed by atoms with E-state index < -0.39 is 18.5 Å². The summed E-state index contributed by atoms with van der Waals surface area (Å²) in [6, 6.07) is 1.64. The minimum atomic E-state index is -1.21. The van der Waals surface area contributed by atoms with E-state index in [1.807, 2.05) is 0 Å². The molecular formula is C17H16ClFN6O3. The van der Waals surface area contributed by atoms with Crippen LogP contribution in [0.2, 0.25) is 5.02 Å². The van der Waals surface area contributed by atoms with Crippen LogP contribution in [0.5, 0.6) is 5.75 Å². The Balaban J connectivity index is 2.08. The molecule has 0 radical (unpaired) electrons. The highest BCUT2D eigenvalue weighted by molar-refractivity contribution is 6.33. The molecule has 0 fully saturated rings. The second-order valence-corrected chi connectivity index (χ2v) is 6.46. The molecule has 0 aliphatic heterocycles. The summed E-state index contributed by atoms with van der Waals surface area (Å²) in [5, 5.41) is 27.3. The second kappa shape index (κ2) is 6.89. The number of rotatable bonds is 5. The summed E-state index contributed by atoms with van der Waals surface area (Å²) >= 11 is 6.11. The van der Waals surface area contributed by atoms with E-state index in [-0.39, 0.29) is 27.9 Å². The van der Waals surface area contributed by atoms with Gasteiger partial charge in [-0.1, -0.05) is 11.6 Å². The summed E-state index contributed by atoms with van der Waals surface area (Å²) < 4.78 is 23.6. The quantitative estimate of drug-likeness (QED) is 0.467. The third kappa shape index (κ3) is 2.65. The van der Waals surface area contributed by atoms with E-state index in [1.54, 1.807) is 41.0 Å². The Bertz CT molecular complexity index is 1150. The molecule has 0 saturated heterocycles. The van der Waals surface area contributed by atoms with Gasteiger partial charge in [-0.25, -0.2) is 9.37 Å². The Kier molecular flexibility index (Phi) is 4.53. The van der Waals surface area contributed by atoms with E-state index in [4.69, 9.17) is 21.4 Å². The van der Waals surface area contributed by atoms with Crippen molar-refractivity contribution < 1.29 is 19.3 Å². The number of aromatic amines is 1. The van der Waals surface area contributed by atoms with E-state index >= 15 is 4.39 Å². The Morgan fingerprint density at radius 2 is 2.18 bits per heavy atom. The molecule has 4 aromatic rings. The molecule has 3 aromatic heterocycles. The van der Waals surface area contributed by atoms with Gasteiger partial charge in [0.25, 0.3) is 0 Å². The molecule has 0 saturated carbocycles. The van der Waals surface area contributed by atoms with Crippen molar-refractivity contribution in [2.75, 3.05) is 13.7 Å². The fourth-order valence-electron chi connectivity index (χ4n) is 3.19. The second-order valence-electron chi connectivity index (χ2n) is 6.09. The number of nitrogens with zero attached hydrogens (tertiary/aromatic N) is 5. The van der Waals surface area contributed by atoms with Crippen molar-refractivity contribution in [3.8, 4) is 23.0 Å². The van der Waals surface area contributed by atoms with Crippen LogP contribution in [-0.4, -0.2) is 53.2 Å². The first-order valence-corrected chi connectivity index (χ1v) is 8.60. The number of aryl methyl sites for hydroxylation is 1. The summed E-state index contributed by atoms with van der Waals surface area (Å²) in [5.74, 6) is -0.0739. The van der Waals surface area contributed by atoms with E-state index in [1.165, 1.54) is 7.11 Å². The predicted molar refractivity (Wildman–Crippen MR) is 99.0 cm³/mol. The highest BCUT2D eigenvalue weighted by atomic mass is 35.5. The Morgan fingerprint density at radius 3 is 2.82 bits per heavy atom. The molecule has 3 heterocycles. The number of fused-ring (bicyclic) bond motifs is 1. The van der Waals surface area contributed by atoms with Crippen LogP contribution in [0.15, 0.2) is 24.8 Å². The monoisotopic (exact) mass is 406 g/mol. The van der Waals surface area contributed by atoms with Crippen molar-refractivity contribution >= 4 is 22.5 Å². The Hall–Kier alpha value is -2.95. The van der Waals surface area contributed by atoms with Crippen LogP contribution in [0.25, 0.3) is 28.1 Å². The first kappa shape index (κ1) is 18.4. The molecule has 1 atom stereocenters. The molecule has 28 heavy (non-hydrogen) atoms. The van der Waals surface area contributed by atoms with Crippen molar-refractivity contribution in [3.63, 3.8) is 0 Å². The lowest BCUT2D eigenvalue weighted by atomic mass is 10.2. The largest absolute Gasteiger partial charge is 0.495 e. The summed E-state index contributed by atoms with van der Waals surface area (Å²) in [4.78, 5) is 6.94. The van der Waals surface area contributed by atoms with Crippen LogP contribution in [0.1, 0.15) is 11.9 Å². The maximum Gasteiger partial charge on any atom is 0.180 e. The summed E-state index contributed by atoms with van der Waals surface area (Å²) in [7, 11) is 3.07. The zero-order chi connectivity index (χ0) is 20.0. The number of aliphatic hydroxyl groups is 2. The highest BCUT2D eigenvalue weighted by Gasteiger charge is 2.26. The van der Waals surface area contributed by atoms with Gasteiger partial charge in [-0.15, -0.1) is 10.2 Å². The number of benzene rings is 1. The zero-order valence-corrected chi connectivity index (χ0v) is 15.6. The van der Waals surface area contributed by atoms with Crippen molar-refractivity contribution in [2.24, 2.45) is 7.05 Å². The van der Waals surface area contributed by atoms with Gasteiger partial charge in [0.05, 0.1) is 31.2 Å². The number of aliphatic hydroxyl groups excluding tert-OH is 2. The molecule has 0 unspecified atom stereocenters. The van der Waals surface area contributed by atoms with Gasteiger partial charge in [-0.05, 0) is 6.07 Å². The zero-order valence-electron chi connectivity index (χ0n) is 14.9. The lowest BCUT2D eigenvalue weighted by Crippen LogP contribution is -2.04. The lowest BCUT2D eigenvalue weighted by Gasteiger charge is -2.07. The van der Waals surface area contributed by atoms with Crippen molar-refractivity contribution in [3.05, 3.63) is 41.5 Å². The van der Waals surface area contributed by atoms with Gasteiger partial charge in [0, 0.05) is 24.8 Å². The third-order valence-corrected chi connectivity index (χ3v) is 4.85. The first-order valence-electron chi connectivity index (χ1n) is 8.22. The van der Waals surface area contributed by atoms with Crippen molar-refractivity contribution in [1.29, 1.82) is 0 Å². The summed E-state index contributed by atoms with van der Waals surface area (Å²) in [5.41, 5.74) is 1.30. The maximum absolute atomic E-state index is 15.1. The molecule has 0 bridgehead atoms. The fraction of sp³-hybridized carbons (Fsp3) is 0.235. The number of methoxy groups -OCH3 is 1. The van der Waals surface area contributed by atoms with Crippen LogP contribution in [0.4, 0.5) is 4.39 Å². The van der Waals surface area contributed by atoms with Gasteiger partial charge in [-0.3, -0.25) is 0 Å². The van der Waals surface area contributed by atoms with Crippen molar-refractivity contribution in [1.82, 2.24) is 29.3 Å². The Morgan fingerprint density at radius 1 is 1.39 bits per heavy atom. The standard InChI is InChI=1S/C17H16ClFN6O3/c1-24-13-8(5-10(28-2)11(18)12(13)19)14(25-4-3-20-7-25)15(24)17-21-16(22-23-17)9(27)6-26/h3-5,7,9,26-27H,6H2,1-2H3,(H,21,22,23)/t9-/m1/s1. The van der Waals surface area contributed by atoms with Gasteiger partial charge in [0.2, 0.25) is 0 Å². The Labute approximate surface area is 163 Å². The minimum Gasteiger partial charge on any atom is -0.495 e. The number of halogens is 2. The number of ether oxygens (including phenoxy) is 1. The topological polar surface area (TPSA) is 114 Å². The number of nitrogens with one attached hydrogen (secondary N) is 1. The lowest BCUT2D eigenvalue weighted by molar-refractivity contribution is 0.0889. The molecule has 0 amide bonds. The van der Waals surface area contributed by atoms with Gasteiger partial charge >= 0.3 is 0 Å². The highest BCUT2D eigenvalue weighted by Crippen LogP contribution is 2.41. The molecule has 9 nitrogen and oxygen atoms in total. The smallest absolute Gasteiger partial charge is 0.180 e.